The van der Waals surface area contributed by atoms with E-state index in [1.807, 2.05) is 42.5 Å². The molecule has 2 heterocycles. The normalized spacial score (nSPS) is 14.8. The predicted molar refractivity (Wildman–Crippen MR) is 133 cm³/mol. The molecule has 8 nitrogen and oxygen atoms in total. The zero-order valence-electron chi connectivity index (χ0n) is 19.3. The summed E-state index contributed by atoms with van der Waals surface area (Å²) < 4.78 is 32.4. The highest BCUT2D eigenvalue weighted by Crippen LogP contribution is 2.22. The summed E-state index contributed by atoms with van der Waals surface area (Å²) in [7, 11) is -3.51. The molecule has 0 saturated heterocycles. The minimum Gasteiger partial charge on any atom is -0.473 e. The van der Waals surface area contributed by atoms with Gasteiger partial charge in [-0.05, 0) is 42.2 Å². The molecule has 35 heavy (non-hydrogen) atoms. The van der Waals surface area contributed by atoms with Crippen LogP contribution in [0.4, 0.5) is 0 Å². The first-order valence-electron chi connectivity index (χ1n) is 11.6. The molecule has 4 rings (SSSR count). The maximum Gasteiger partial charge on any atom is 0.263 e. The Bertz CT molecular complexity index is 1290. The summed E-state index contributed by atoms with van der Waals surface area (Å²) in [5.41, 5.74) is 2.59. The van der Waals surface area contributed by atoms with Crippen molar-refractivity contribution in [1.29, 1.82) is 0 Å². The first-order valence-corrected chi connectivity index (χ1v) is 13.0. The van der Waals surface area contributed by atoms with Crippen LogP contribution in [0.5, 0.6) is 5.88 Å². The van der Waals surface area contributed by atoms with Crippen LogP contribution in [0, 0.1) is 0 Å². The number of unbranched alkanes of at least 4 members (excludes halogenated alkanes) is 2. The minimum atomic E-state index is -3.51. The van der Waals surface area contributed by atoms with Crippen molar-refractivity contribution >= 4 is 21.8 Å². The van der Waals surface area contributed by atoms with Gasteiger partial charge in [0.05, 0.1) is 4.90 Å². The zero-order chi connectivity index (χ0) is 24.5. The molecule has 2 aromatic carbocycles. The van der Waals surface area contributed by atoms with E-state index < -0.39 is 10.0 Å². The Hall–Kier alpha value is -3.72. The second-order valence-electron chi connectivity index (χ2n) is 8.20. The fourth-order valence-electron chi connectivity index (χ4n) is 3.68. The number of benzene rings is 2. The van der Waals surface area contributed by atoms with Gasteiger partial charge in [-0.3, -0.25) is 14.5 Å². The molecule has 0 spiro atoms. The van der Waals surface area contributed by atoms with Crippen LogP contribution in [0.3, 0.4) is 0 Å². The summed E-state index contributed by atoms with van der Waals surface area (Å²) in [4.78, 5) is 21.1. The molecular formula is C26H28N4O4S. The van der Waals surface area contributed by atoms with E-state index in [0.717, 1.165) is 30.4 Å². The molecule has 0 saturated carbocycles. The van der Waals surface area contributed by atoms with Gasteiger partial charge in [-0.2, -0.15) is 0 Å². The number of rotatable bonds is 11. The molecular weight excluding hydrogens is 464 g/mol. The van der Waals surface area contributed by atoms with Crippen molar-refractivity contribution < 1.29 is 17.9 Å². The first-order chi connectivity index (χ1) is 17.0. The van der Waals surface area contributed by atoms with Crippen molar-refractivity contribution in [3.05, 3.63) is 89.6 Å². The number of ether oxygens (including phenoxy) is 1. The molecule has 0 atom stereocenters. The number of hydrogen-bond acceptors (Lipinski definition) is 6. The van der Waals surface area contributed by atoms with Gasteiger partial charge in [0.2, 0.25) is 11.8 Å². The molecule has 0 unspecified atom stereocenters. The first kappa shape index (κ1) is 24.4. The van der Waals surface area contributed by atoms with E-state index in [2.05, 4.69) is 20.0 Å². The number of sulfonamides is 1. The third-order valence-electron chi connectivity index (χ3n) is 5.51. The Morgan fingerprint density at radius 1 is 0.971 bits per heavy atom. The highest BCUT2D eigenvalue weighted by molar-refractivity contribution is 7.90. The van der Waals surface area contributed by atoms with Crippen molar-refractivity contribution in [2.75, 3.05) is 6.54 Å². The summed E-state index contributed by atoms with van der Waals surface area (Å²) >= 11 is 0. The fourth-order valence-corrected chi connectivity index (χ4v) is 4.93. The van der Waals surface area contributed by atoms with Crippen LogP contribution < -0.4 is 14.8 Å². The number of carbonyl (C=O) groups is 1. The summed E-state index contributed by atoms with van der Waals surface area (Å²) in [5, 5.41) is 2.93. The molecule has 1 aromatic heterocycles. The summed E-state index contributed by atoms with van der Waals surface area (Å²) in [6.45, 7) is 1.35. The maximum atomic E-state index is 12.2. The Kier molecular flexibility index (Phi) is 8.10. The van der Waals surface area contributed by atoms with E-state index in [9.17, 15) is 13.2 Å². The predicted octanol–water partition coefficient (Wildman–Crippen LogP) is 3.58. The smallest absolute Gasteiger partial charge is 0.263 e. The molecule has 0 fully saturated rings. The SMILES string of the molecule is O=C(CCCCCN=C1NS(=O)(=O)c2ccccc21)NCc1ccnc(OCc2ccccc2)c1. The molecule has 9 heteroatoms. The van der Waals surface area contributed by atoms with Gasteiger partial charge in [-0.15, -0.1) is 0 Å². The van der Waals surface area contributed by atoms with Gasteiger partial charge >= 0.3 is 0 Å². The number of amides is 1. The van der Waals surface area contributed by atoms with Gasteiger partial charge < -0.3 is 10.1 Å². The summed E-state index contributed by atoms with van der Waals surface area (Å²) in [6.07, 6.45) is 4.43. The summed E-state index contributed by atoms with van der Waals surface area (Å²) in [6, 6.07) is 20.4. The van der Waals surface area contributed by atoms with E-state index in [1.165, 1.54) is 0 Å². The second-order valence-corrected chi connectivity index (χ2v) is 9.85. The second kappa shape index (κ2) is 11.6. The average molecular weight is 493 g/mol. The van der Waals surface area contributed by atoms with Crippen molar-refractivity contribution in [1.82, 2.24) is 15.0 Å². The molecule has 182 valence electrons. The van der Waals surface area contributed by atoms with Gasteiger partial charge in [-0.1, -0.05) is 48.9 Å². The number of nitrogens with zero attached hydrogens (tertiary/aromatic N) is 2. The molecule has 1 aliphatic rings. The van der Waals surface area contributed by atoms with Gasteiger partial charge in [-0.25, -0.2) is 13.4 Å². The highest BCUT2D eigenvalue weighted by atomic mass is 32.2. The fraction of sp³-hybridized carbons (Fsp3) is 0.269. The van der Waals surface area contributed by atoms with Crippen LogP contribution in [0.15, 0.2) is 82.8 Å². The Morgan fingerprint density at radius 3 is 2.63 bits per heavy atom. The molecule has 0 bridgehead atoms. The number of carbonyl (C=O) groups excluding carboxylic acids is 1. The van der Waals surface area contributed by atoms with Crippen LogP contribution in [0.2, 0.25) is 0 Å². The topological polar surface area (TPSA) is 110 Å². The lowest BCUT2D eigenvalue weighted by Gasteiger charge is -2.08. The quantitative estimate of drug-likeness (QED) is 0.398. The zero-order valence-corrected chi connectivity index (χ0v) is 20.1. The number of aromatic nitrogens is 1. The average Bonchev–Trinajstić information content (AvgIpc) is 3.14. The number of fused-ring (bicyclic) bond motifs is 1. The van der Waals surface area contributed by atoms with E-state index in [-0.39, 0.29) is 10.8 Å². The van der Waals surface area contributed by atoms with Gasteiger partial charge in [0.1, 0.15) is 12.4 Å². The number of aliphatic imine (C=N–C) groups is 1. The van der Waals surface area contributed by atoms with E-state index >= 15 is 0 Å². The van der Waals surface area contributed by atoms with Crippen LogP contribution in [-0.2, 0) is 28.0 Å². The van der Waals surface area contributed by atoms with Crippen LogP contribution >= 0.6 is 0 Å². The van der Waals surface area contributed by atoms with Crippen molar-refractivity contribution in [3.63, 3.8) is 0 Å². The molecule has 1 amide bonds. The number of amidine groups is 1. The lowest BCUT2D eigenvalue weighted by molar-refractivity contribution is -0.121. The Labute approximate surface area is 205 Å². The number of hydrogen-bond donors (Lipinski definition) is 2. The lowest BCUT2D eigenvalue weighted by atomic mass is 10.1. The number of nitrogens with one attached hydrogen (secondary N) is 2. The molecule has 0 radical (unpaired) electrons. The van der Waals surface area contributed by atoms with E-state index in [1.54, 1.807) is 30.5 Å². The van der Waals surface area contributed by atoms with Gasteiger partial charge in [0.15, 0.2) is 0 Å². The third-order valence-corrected chi connectivity index (χ3v) is 6.91. The van der Waals surface area contributed by atoms with E-state index in [4.69, 9.17) is 4.74 Å². The van der Waals surface area contributed by atoms with Crippen molar-refractivity contribution in [3.8, 4) is 5.88 Å². The molecule has 1 aliphatic heterocycles. The van der Waals surface area contributed by atoms with Crippen LogP contribution in [-0.4, -0.2) is 31.7 Å². The van der Waals surface area contributed by atoms with Crippen molar-refractivity contribution in [2.24, 2.45) is 4.99 Å². The van der Waals surface area contributed by atoms with Crippen LogP contribution in [0.25, 0.3) is 0 Å². The standard InChI is InChI=1S/C26H28N4O4S/c31-24(29-18-21-14-16-27-25(17-21)34-19-20-9-3-1-4-10-20)13-5-2-8-15-28-26-22-11-6-7-12-23(22)35(32,33)30-26/h1,3-4,6-7,9-12,14,16-17H,2,5,8,13,15,18-19H2,(H,28,30)(H,29,31). The monoisotopic (exact) mass is 492 g/mol. The largest absolute Gasteiger partial charge is 0.473 e. The number of pyridine rings is 1. The molecule has 3 aromatic rings. The summed E-state index contributed by atoms with van der Waals surface area (Å²) in [5.74, 6) is 0.898. The minimum absolute atomic E-state index is 0.0163. The van der Waals surface area contributed by atoms with Gasteiger partial charge in [0, 0.05) is 37.3 Å². The Morgan fingerprint density at radius 2 is 1.77 bits per heavy atom. The third kappa shape index (κ3) is 6.89. The Balaban J connectivity index is 1.14. The van der Waals surface area contributed by atoms with Crippen LogP contribution in [0.1, 0.15) is 42.4 Å². The van der Waals surface area contributed by atoms with Gasteiger partial charge in [0.25, 0.3) is 10.0 Å². The van der Waals surface area contributed by atoms with E-state index in [0.29, 0.717) is 43.4 Å². The molecule has 2 N–H and O–H groups in total. The highest BCUT2D eigenvalue weighted by Gasteiger charge is 2.29. The lowest BCUT2D eigenvalue weighted by Crippen LogP contribution is -2.22. The van der Waals surface area contributed by atoms with Crippen molar-refractivity contribution in [2.45, 2.75) is 43.7 Å². The maximum absolute atomic E-state index is 12.2. The molecule has 0 aliphatic carbocycles.